The SMILES string of the molecule is CC(C)(CN=C(N)Nc1ccc2c(c1)OCCCO2)c1cccnc1. The molecule has 1 aromatic heterocycles. The van der Waals surface area contributed by atoms with Crippen molar-refractivity contribution in [2.75, 3.05) is 25.1 Å². The average Bonchev–Trinajstić information content (AvgIpc) is 2.86. The zero-order chi connectivity index (χ0) is 17.7. The van der Waals surface area contributed by atoms with Crippen LogP contribution in [0.25, 0.3) is 0 Å². The summed E-state index contributed by atoms with van der Waals surface area (Å²) in [5.41, 5.74) is 7.85. The number of pyridine rings is 1. The number of hydrogen-bond acceptors (Lipinski definition) is 4. The van der Waals surface area contributed by atoms with Crippen molar-refractivity contribution in [2.24, 2.45) is 10.7 Å². The van der Waals surface area contributed by atoms with Gasteiger partial charge in [-0.15, -0.1) is 0 Å². The second kappa shape index (κ2) is 7.42. The maximum atomic E-state index is 6.05. The number of anilines is 1. The number of benzene rings is 1. The molecule has 1 aromatic carbocycles. The molecule has 0 saturated heterocycles. The predicted octanol–water partition coefficient (Wildman–Crippen LogP) is 2.95. The highest BCUT2D eigenvalue weighted by Crippen LogP contribution is 2.32. The summed E-state index contributed by atoms with van der Waals surface area (Å²) in [6, 6.07) is 9.66. The summed E-state index contributed by atoms with van der Waals surface area (Å²) in [6.07, 6.45) is 4.51. The molecule has 1 aliphatic rings. The van der Waals surface area contributed by atoms with Crippen molar-refractivity contribution in [2.45, 2.75) is 25.7 Å². The fourth-order valence-electron chi connectivity index (χ4n) is 2.57. The first kappa shape index (κ1) is 17.1. The molecule has 0 radical (unpaired) electrons. The molecule has 0 aliphatic carbocycles. The number of nitrogens with zero attached hydrogens (tertiary/aromatic N) is 2. The zero-order valence-electron chi connectivity index (χ0n) is 14.7. The van der Waals surface area contributed by atoms with E-state index in [4.69, 9.17) is 15.2 Å². The van der Waals surface area contributed by atoms with Gasteiger partial charge in [-0.2, -0.15) is 0 Å². The van der Waals surface area contributed by atoms with Crippen molar-refractivity contribution < 1.29 is 9.47 Å². The van der Waals surface area contributed by atoms with Gasteiger partial charge in [0.25, 0.3) is 0 Å². The van der Waals surface area contributed by atoms with E-state index < -0.39 is 0 Å². The highest BCUT2D eigenvalue weighted by molar-refractivity contribution is 5.92. The van der Waals surface area contributed by atoms with Crippen LogP contribution in [-0.4, -0.2) is 30.7 Å². The van der Waals surface area contributed by atoms with Gasteiger partial charge in [-0.05, 0) is 23.8 Å². The largest absolute Gasteiger partial charge is 0.490 e. The fourth-order valence-corrected chi connectivity index (χ4v) is 2.57. The lowest BCUT2D eigenvalue weighted by Crippen LogP contribution is -2.27. The summed E-state index contributed by atoms with van der Waals surface area (Å²) in [5, 5.41) is 3.11. The van der Waals surface area contributed by atoms with E-state index in [-0.39, 0.29) is 5.41 Å². The molecule has 2 aromatic rings. The second-order valence-corrected chi connectivity index (χ2v) is 6.66. The van der Waals surface area contributed by atoms with Gasteiger partial charge in [-0.25, -0.2) is 0 Å². The van der Waals surface area contributed by atoms with Crippen LogP contribution in [0, 0.1) is 0 Å². The highest BCUT2D eigenvalue weighted by atomic mass is 16.5. The highest BCUT2D eigenvalue weighted by Gasteiger charge is 2.20. The molecule has 1 aliphatic heterocycles. The Bertz CT molecular complexity index is 744. The number of guanidine groups is 1. The number of rotatable bonds is 4. The van der Waals surface area contributed by atoms with Gasteiger partial charge in [0.2, 0.25) is 0 Å². The van der Waals surface area contributed by atoms with Crippen molar-refractivity contribution >= 4 is 11.6 Å². The lowest BCUT2D eigenvalue weighted by atomic mass is 9.86. The molecule has 6 nitrogen and oxygen atoms in total. The van der Waals surface area contributed by atoms with Crippen molar-refractivity contribution in [1.29, 1.82) is 0 Å². The molecule has 0 atom stereocenters. The Morgan fingerprint density at radius 2 is 2.04 bits per heavy atom. The number of nitrogens with one attached hydrogen (secondary N) is 1. The molecule has 3 rings (SSSR count). The van der Waals surface area contributed by atoms with Gasteiger partial charge in [0.15, 0.2) is 17.5 Å². The third-order valence-electron chi connectivity index (χ3n) is 4.11. The first-order chi connectivity index (χ1) is 12.0. The minimum Gasteiger partial charge on any atom is -0.490 e. The van der Waals surface area contributed by atoms with Gasteiger partial charge < -0.3 is 20.5 Å². The second-order valence-electron chi connectivity index (χ2n) is 6.66. The van der Waals surface area contributed by atoms with Crippen LogP contribution in [-0.2, 0) is 5.41 Å². The third kappa shape index (κ3) is 4.41. The Kier molecular flexibility index (Phi) is 5.07. The van der Waals surface area contributed by atoms with E-state index in [0.717, 1.165) is 29.2 Å². The molecular formula is C19H24N4O2. The zero-order valence-corrected chi connectivity index (χ0v) is 14.7. The van der Waals surface area contributed by atoms with Crippen molar-refractivity contribution in [3.05, 3.63) is 48.3 Å². The minimum absolute atomic E-state index is 0.148. The molecule has 0 amide bonds. The maximum Gasteiger partial charge on any atom is 0.193 e. The van der Waals surface area contributed by atoms with Gasteiger partial charge in [0.05, 0.1) is 19.8 Å². The Morgan fingerprint density at radius 3 is 2.80 bits per heavy atom. The first-order valence-corrected chi connectivity index (χ1v) is 8.42. The Hall–Kier alpha value is -2.76. The Morgan fingerprint density at radius 1 is 1.24 bits per heavy atom. The summed E-state index contributed by atoms with van der Waals surface area (Å²) in [7, 11) is 0. The number of fused-ring (bicyclic) bond motifs is 1. The third-order valence-corrected chi connectivity index (χ3v) is 4.11. The van der Waals surface area contributed by atoms with E-state index >= 15 is 0 Å². The number of aliphatic imine (C=N–C) groups is 1. The predicted molar refractivity (Wildman–Crippen MR) is 99.4 cm³/mol. The molecule has 6 heteroatoms. The minimum atomic E-state index is -0.148. The first-order valence-electron chi connectivity index (χ1n) is 8.42. The summed E-state index contributed by atoms with van der Waals surface area (Å²) >= 11 is 0. The average molecular weight is 340 g/mol. The van der Waals surface area contributed by atoms with E-state index in [0.29, 0.717) is 25.7 Å². The van der Waals surface area contributed by atoms with Crippen LogP contribution in [0.1, 0.15) is 25.8 Å². The van der Waals surface area contributed by atoms with Crippen LogP contribution in [0.15, 0.2) is 47.7 Å². The van der Waals surface area contributed by atoms with Crippen LogP contribution < -0.4 is 20.5 Å². The van der Waals surface area contributed by atoms with E-state index in [1.807, 2.05) is 30.5 Å². The van der Waals surface area contributed by atoms with Crippen molar-refractivity contribution in [1.82, 2.24) is 4.98 Å². The quantitative estimate of drug-likeness (QED) is 0.660. The number of nitrogens with two attached hydrogens (primary N) is 1. The molecule has 0 saturated carbocycles. The molecule has 0 spiro atoms. The molecule has 0 bridgehead atoms. The van der Waals surface area contributed by atoms with Crippen molar-refractivity contribution in [3.63, 3.8) is 0 Å². The summed E-state index contributed by atoms with van der Waals surface area (Å²) in [6.45, 7) is 6.12. The topological polar surface area (TPSA) is 81.8 Å². The normalized spacial score (nSPS) is 14.7. The number of ether oxygens (including phenoxy) is 2. The van der Waals surface area contributed by atoms with Crippen molar-refractivity contribution in [3.8, 4) is 11.5 Å². The molecule has 3 N–H and O–H groups in total. The van der Waals surface area contributed by atoms with Crippen LogP contribution in [0.5, 0.6) is 11.5 Å². The molecular weight excluding hydrogens is 316 g/mol. The van der Waals surface area contributed by atoms with Crippen LogP contribution in [0.3, 0.4) is 0 Å². The van der Waals surface area contributed by atoms with Gasteiger partial charge in [0.1, 0.15) is 0 Å². The Balaban J connectivity index is 1.66. The lowest BCUT2D eigenvalue weighted by molar-refractivity contribution is 0.297. The monoisotopic (exact) mass is 340 g/mol. The van der Waals surface area contributed by atoms with E-state index in [1.54, 1.807) is 6.20 Å². The number of aromatic nitrogens is 1. The van der Waals surface area contributed by atoms with Gasteiger partial charge >= 0.3 is 0 Å². The van der Waals surface area contributed by atoms with Crippen LogP contribution in [0.2, 0.25) is 0 Å². The summed E-state index contributed by atoms with van der Waals surface area (Å²) in [5.74, 6) is 1.86. The molecule has 132 valence electrons. The van der Waals surface area contributed by atoms with Crippen LogP contribution in [0.4, 0.5) is 5.69 Å². The summed E-state index contributed by atoms with van der Waals surface area (Å²) in [4.78, 5) is 8.65. The van der Waals surface area contributed by atoms with Gasteiger partial charge in [-0.1, -0.05) is 19.9 Å². The summed E-state index contributed by atoms with van der Waals surface area (Å²) < 4.78 is 11.3. The molecule has 2 heterocycles. The van der Waals surface area contributed by atoms with E-state index in [9.17, 15) is 0 Å². The molecule has 25 heavy (non-hydrogen) atoms. The molecule has 0 unspecified atom stereocenters. The Labute approximate surface area is 148 Å². The standard InChI is InChI=1S/C19H24N4O2/c1-19(2,14-5-3-8-21-12-14)13-22-18(20)23-15-6-7-16-17(11-15)25-10-4-9-24-16/h3,5-8,11-12H,4,9-10,13H2,1-2H3,(H3,20,22,23). The van der Waals surface area contributed by atoms with Gasteiger partial charge in [0, 0.05) is 36.0 Å². The maximum absolute atomic E-state index is 6.05. The number of hydrogen-bond donors (Lipinski definition) is 2. The molecule has 0 fully saturated rings. The van der Waals surface area contributed by atoms with E-state index in [1.165, 1.54) is 0 Å². The fraction of sp³-hybridized carbons (Fsp3) is 0.368. The van der Waals surface area contributed by atoms with E-state index in [2.05, 4.69) is 35.2 Å². The van der Waals surface area contributed by atoms with Gasteiger partial charge in [-0.3, -0.25) is 9.98 Å². The lowest BCUT2D eigenvalue weighted by Gasteiger charge is -2.22. The smallest absolute Gasteiger partial charge is 0.193 e. The van der Waals surface area contributed by atoms with Crippen LogP contribution >= 0.6 is 0 Å².